The topological polar surface area (TPSA) is 60.9 Å². The van der Waals surface area contributed by atoms with Crippen molar-refractivity contribution in [2.75, 3.05) is 29.4 Å². The Balaban J connectivity index is 1.50. The van der Waals surface area contributed by atoms with E-state index in [1.807, 2.05) is 0 Å². The van der Waals surface area contributed by atoms with Gasteiger partial charge in [-0.15, -0.1) is 0 Å². The van der Waals surface area contributed by atoms with Crippen LogP contribution in [0.3, 0.4) is 0 Å². The molecule has 0 radical (unpaired) electrons. The molecule has 1 N–H and O–H groups in total. The number of fused-ring (bicyclic) bond motifs is 2. The number of nitrogens with one attached hydrogen (secondary N) is 1. The highest BCUT2D eigenvalue weighted by Crippen LogP contribution is 2.41. The van der Waals surface area contributed by atoms with Gasteiger partial charge in [-0.05, 0) is 54.9 Å². The molecule has 0 aliphatic carbocycles. The fourth-order valence-electron chi connectivity index (χ4n) is 5.99. The SMILES string of the molecule is Cc1ccc(C(C)C)cc1N1CCc2nc(-c3c(C(F)(F)F)cnc4[nH]ccc34)nc(N3CCC(C)CC3)c2C1. The lowest BCUT2D eigenvalue weighted by Gasteiger charge is -2.37. The summed E-state index contributed by atoms with van der Waals surface area (Å²) in [5, 5.41) is 0.381. The Morgan fingerprint density at radius 3 is 2.52 bits per heavy atom. The van der Waals surface area contributed by atoms with Crippen LogP contribution >= 0.6 is 0 Å². The number of rotatable bonds is 4. The minimum absolute atomic E-state index is 0.00362. The summed E-state index contributed by atoms with van der Waals surface area (Å²) >= 11 is 0. The van der Waals surface area contributed by atoms with Crippen molar-refractivity contribution in [2.45, 2.75) is 65.6 Å². The van der Waals surface area contributed by atoms with Gasteiger partial charge in [0.25, 0.3) is 0 Å². The smallest absolute Gasteiger partial charge is 0.366 e. The molecule has 6 nitrogen and oxygen atoms in total. The van der Waals surface area contributed by atoms with Crippen LogP contribution in [0.25, 0.3) is 22.4 Å². The number of pyridine rings is 1. The molecule has 0 saturated carbocycles. The average Bonchev–Trinajstić information content (AvgIpc) is 3.41. The van der Waals surface area contributed by atoms with E-state index in [1.165, 1.54) is 16.8 Å². The first-order chi connectivity index (χ1) is 19.1. The van der Waals surface area contributed by atoms with Crippen LogP contribution in [0, 0.1) is 12.8 Å². The normalized spacial score (nSPS) is 16.7. The Bertz CT molecular complexity index is 1550. The summed E-state index contributed by atoms with van der Waals surface area (Å²) in [6.07, 6.45) is 0.611. The number of aromatic nitrogens is 4. The maximum atomic E-state index is 14.2. The molecule has 0 unspecified atom stereocenters. The van der Waals surface area contributed by atoms with E-state index in [4.69, 9.17) is 9.97 Å². The van der Waals surface area contributed by atoms with E-state index in [0.717, 1.165) is 55.7 Å². The summed E-state index contributed by atoms with van der Waals surface area (Å²) in [5.41, 5.74) is 5.13. The molecule has 0 atom stereocenters. The highest BCUT2D eigenvalue weighted by atomic mass is 19.4. The molecule has 2 aliphatic rings. The number of halogens is 3. The first kappa shape index (κ1) is 26.6. The van der Waals surface area contributed by atoms with Crippen molar-refractivity contribution in [1.29, 1.82) is 0 Å². The summed E-state index contributed by atoms with van der Waals surface area (Å²) < 4.78 is 42.7. The molecular weight excluding hydrogens is 513 g/mol. The van der Waals surface area contributed by atoms with E-state index in [0.29, 0.717) is 35.8 Å². The van der Waals surface area contributed by atoms with Gasteiger partial charge in [-0.3, -0.25) is 0 Å². The molecule has 6 rings (SSSR count). The zero-order valence-corrected chi connectivity index (χ0v) is 23.4. The Morgan fingerprint density at radius 1 is 1.02 bits per heavy atom. The molecule has 0 spiro atoms. The summed E-state index contributed by atoms with van der Waals surface area (Å²) in [7, 11) is 0. The molecule has 1 saturated heterocycles. The second kappa shape index (κ2) is 10.1. The molecule has 3 aromatic heterocycles. The van der Waals surface area contributed by atoms with Gasteiger partial charge in [0.1, 0.15) is 11.5 Å². The number of alkyl halides is 3. The van der Waals surface area contributed by atoms with E-state index >= 15 is 0 Å². The van der Waals surface area contributed by atoms with Crippen LogP contribution in [0.15, 0.2) is 36.7 Å². The Labute approximate surface area is 232 Å². The predicted molar refractivity (Wildman–Crippen MR) is 153 cm³/mol. The summed E-state index contributed by atoms with van der Waals surface area (Å²) in [6, 6.07) is 8.27. The number of anilines is 2. The van der Waals surface area contributed by atoms with Crippen LogP contribution in [-0.4, -0.2) is 39.6 Å². The largest absolute Gasteiger partial charge is 0.418 e. The molecule has 4 aromatic rings. The third-order valence-electron chi connectivity index (χ3n) is 8.48. The van der Waals surface area contributed by atoms with Gasteiger partial charge < -0.3 is 14.8 Å². The summed E-state index contributed by atoms with van der Waals surface area (Å²) in [4.78, 5) is 21.4. The monoisotopic (exact) mass is 548 g/mol. The van der Waals surface area contributed by atoms with E-state index in [9.17, 15) is 13.2 Å². The van der Waals surface area contributed by atoms with Crippen molar-refractivity contribution < 1.29 is 13.2 Å². The van der Waals surface area contributed by atoms with E-state index in [2.05, 4.69) is 65.7 Å². The van der Waals surface area contributed by atoms with Gasteiger partial charge in [-0.2, -0.15) is 13.2 Å². The molecular formula is C31H35F3N6. The number of hydrogen-bond acceptors (Lipinski definition) is 5. The molecule has 210 valence electrons. The number of aromatic amines is 1. The predicted octanol–water partition coefficient (Wildman–Crippen LogP) is 7.27. The van der Waals surface area contributed by atoms with Crippen molar-refractivity contribution >= 4 is 22.5 Å². The van der Waals surface area contributed by atoms with Crippen LogP contribution in [0.1, 0.15) is 67.5 Å². The Hall–Kier alpha value is -3.62. The summed E-state index contributed by atoms with van der Waals surface area (Å²) in [6.45, 7) is 11.8. The van der Waals surface area contributed by atoms with Crippen molar-refractivity contribution in [3.8, 4) is 11.4 Å². The maximum Gasteiger partial charge on any atom is 0.418 e. The highest BCUT2D eigenvalue weighted by molar-refractivity contribution is 5.93. The van der Waals surface area contributed by atoms with E-state index < -0.39 is 11.7 Å². The number of aryl methyl sites for hydroxylation is 1. The molecule has 0 bridgehead atoms. The molecule has 9 heteroatoms. The number of benzene rings is 1. The van der Waals surface area contributed by atoms with Gasteiger partial charge in [-0.1, -0.05) is 32.9 Å². The van der Waals surface area contributed by atoms with Crippen LogP contribution in [-0.2, 0) is 19.1 Å². The molecule has 1 aromatic carbocycles. The van der Waals surface area contributed by atoms with Crippen molar-refractivity contribution in [3.05, 3.63) is 64.6 Å². The van der Waals surface area contributed by atoms with Crippen molar-refractivity contribution in [2.24, 2.45) is 5.92 Å². The number of nitrogens with zero attached hydrogens (tertiary/aromatic N) is 5. The van der Waals surface area contributed by atoms with Gasteiger partial charge in [0, 0.05) is 67.2 Å². The number of H-pyrrole nitrogens is 1. The molecule has 2 aliphatic heterocycles. The van der Waals surface area contributed by atoms with Crippen LogP contribution in [0.2, 0.25) is 0 Å². The van der Waals surface area contributed by atoms with Crippen LogP contribution in [0.5, 0.6) is 0 Å². The van der Waals surface area contributed by atoms with Gasteiger partial charge in [-0.25, -0.2) is 15.0 Å². The third kappa shape index (κ3) is 4.80. The van der Waals surface area contributed by atoms with Gasteiger partial charge in [0.2, 0.25) is 0 Å². The van der Waals surface area contributed by atoms with Gasteiger partial charge in [0.15, 0.2) is 5.82 Å². The molecule has 1 fully saturated rings. The summed E-state index contributed by atoms with van der Waals surface area (Å²) in [5.74, 6) is 1.92. The fraction of sp³-hybridized carbons (Fsp3) is 0.452. The average molecular weight is 549 g/mol. The fourth-order valence-corrected chi connectivity index (χ4v) is 5.99. The number of hydrogen-bond donors (Lipinski definition) is 1. The molecule has 0 amide bonds. The highest BCUT2D eigenvalue weighted by Gasteiger charge is 2.37. The number of piperidine rings is 1. The molecule has 5 heterocycles. The Kier molecular flexibility index (Phi) is 6.71. The lowest BCUT2D eigenvalue weighted by atomic mass is 9.96. The first-order valence-electron chi connectivity index (χ1n) is 14.1. The van der Waals surface area contributed by atoms with Crippen LogP contribution in [0.4, 0.5) is 24.7 Å². The van der Waals surface area contributed by atoms with Gasteiger partial charge >= 0.3 is 6.18 Å². The standard InChI is InChI=1S/C31H35F3N6/c1-18(2)21-6-5-20(4)26(15-21)40-14-10-25-23(17-40)30(39-12-8-19(3)9-13-39)38-29(37-25)27-22-7-11-35-28(22)36-16-24(27)31(32,33)34/h5-7,11,15-16,18-19H,8-10,12-14,17H2,1-4H3,(H,35,36). The second-order valence-electron chi connectivity index (χ2n) is 11.6. The zero-order chi connectivity index (χ0) is 28.2. The third-order valence-corrected chi connectivity index (χ3v) is 8.48. The van der Waals surface area contributed by atoms with Crippen LogP contribution < -0.4 is 9.80 Å². The zero-order valence-electron chi connectivity index (χ0n) is 23.4. The quantitative estimate of drug-likeness (QED) is 0.291. The van der Waals surface area contributed by atoms with Crippen molar-refractivity contribution in [1.82, 2.24) is 19.9 Å². The minimum Gasteiger partial charge on any atom is -0.366 e. The minimum atomic E-state index is -4.58. The molecule has 40 heavy (non-hydrogen) atoms. The van der Waals surface area contributed by atoms with E-state index in [1.54, 1.807) is 12.3 Å². The second-order valence-corrected chi connectivity index (χ2v) is 11.6. The first-order valence-corrected chi connectivity index (χ1v) is 14.1. The maximum absolute atomic E-state index is 14.2. The van der Waals surface area contributed by atoms with Crippen molar-refractivity contribution in [3.63, 3.8) is 0 Å². The lowest BCUT2D eigenvalue weighted by Crippen LogP contribution is -2.38. The van der Waals surface area contributed by atoms with Gasteiger partial charge in [0.05, 0.1) is 11.3 Å². The lowest BCUT2D eigenvalue weighted by molar-refractivity contribution is -0.137. The Morgan fingerprint density at radius 2 is 1.80 bits per heavy atom. The van der Waals surface area contributed by atoms with E-state index in [-0.39, 0.29) is 11.4 Å².